The molecule has 2 rings (SSSR count). The predicted molar refractivity (Wildman–Crippen MR) is 96.0 cm³/mol. The minimum absolute atomic E-state index is 0.00208. The van der Waals surface area contributed by atoms with Crippen LogP contribution in [0.3, 0.4) is 0 Å². The van der Waals surface area contributed by atoms with Gasteiger partial charge in [0.1, 0.15) is 5.92 Å². The molecule has 0 spiro atoms. The molecular formula is C18H19F3N2O7. The summed E-state index contributed by atoms with van der Waals surface area (Å²) in [5, 5.41) is 1.65. The Morgan fingerprint density at radius 1 is 1.07 bits per heavy atom. The SMILES string of the molecule is COC(=O)C1C(C)=NC(=O)C1(NC(=O)c1cc(OC)c(OC)c(OC)c1)C(F)(F)F. The fourth-order valence-corrected chi connectivity index (χ4v) is 3.16. The van der Waals surface area contributed by atoms with Crippen LogP contribution in [0.2, 0.25) is 0 Å². The average Bonchev–Trinajstić information content (AvgIpc) is 2.96. The number of alkyl halides is 3. The van der Waals surface area contributed by atoms with E-state index in [1.54, 1.807) is 5.32 Å². The van der Waals surface area contributed by atoms with Crippen molar-refractivity contribution in [3.05, 3.63) is 17.7 Å². The maximum Gasteiger partial charge on any atom is 0.422 e. The Hall–Kier alpha value is -3.31. The Bertz CT molecular complexity index is 889. The van der Waals surface area contributed by atoms with E-state index in [0.717, 1.165) is 26.2 Å². The van der Waals surface area contributed by atoms with Crippen molar-refractivity contribution in [2.24, 2.45) is 10.9 Å². The van der Waals surface area contributed by atoms with Gasteiger partial charge in [0.15, 0.2) is 11.5 Å². The number of esters is 1. The summed E-state index contributed by atoms with van der Waals surface area (Å²) >= 11 is 0. The number of nitrogens with one attached hydrogen (secondary N) is 1. The third-order valence-electron chi connectivity index (χ3n) is 4.59. The molecule has 0 bridgehead atoms. The Morgan fingerprint density at radius 2 is 1.60 bits per heavy atom. The number of benzene rings is 1. The van der Waals surface area contributed by atoms with Crippen LogP contribution in [0.4, 0.5) is 13.2 Å². The summed E-state index contributed by atoms with van der Waals surface area (Å²) in [6, 6.07) is 2.20. The summed E-state index contributed by atoms with van der Waals surface area (Å²) < 4.78 is 61.9. The van der Waals surface area contributed by atoms with E-state index in [-0.39, 0.29) is 22.8 Å². The highest BCUT2D eigenvalue weighted by atomic mass is 19.4. The molecule has 0 aromatic heterocycles. The van der Waals surface area contributed by atoms with Crippen molar-refractivity contribution in [2.75, 3.05) is 28.4 Å². The zero-order chi connectivity index (χ0) is 22.9. The average molecular weight is 432 g/mol. The van der Waals surface area contributed by atoms with E-state index in [9.17, 15) is 27.6 Å². The molecule has 9 nitrogen and oxygen atoms in total. The van der Waals surface area contributed by atoms with Gasteiger partial charge in [-0.3, -0.25) is 14.4 Å². The predicted octanol–water partition coefficient (Wildman–Crippen LogP) is 1.53. The number of aliphatic imine (C=N–C) groups is 1. The Kier molecular flexibility index (Phi) is 6.28. The third-order valence-corrected chi connectivity index (χ3v) is 4.59. The van der Waals surface area contributed by atoms with E-state index in [1.807, 2.05) is 0 Å². The molecule has 0 aliphatic carbocycles. The lowest BCUT2D eigenvalue weighted by Gasteiger charge is -2.34. The smallest absolute Gasteiger partial charge is 0.422 e. The van der Waals surface area contributed by atoms with Crippen LogP contribution < -0.4 is 19.5 Å². The van der Waals surface area contributed by atoms with Crippen molar-refractivity contribution in [3.8, 4) is 17.2 Å². The van der Waals surface area contributed by atoms with Crippen LogP contribution in [0.25, 0.3) is 0 Å². The van der Waals surface area contributed by atoms with Gasteiger partial charge in [0.2, 0.25) is 11.3 Å². The van der Waals surface area contributed by atoms with Crippen LogP contribution in [0.5, 0.6) is 17.2 Å². The number of carbonyl (C=O) groups excluding carboxylic acids is 3. The molecule has 2 amide bonds. The lowest BCUT2D eigenvalue weighted by atomic mass is 9.81. The summed E-state index contributed by atoms with van der Waals surface area (Å²) in [5.74, 6) is -6.51. The van der Waals surface area contributed by atoms with Gasteiger partial charge >= 0.3 is 12.1 Å². The molecule has 0 saturated heterocycles. The van der Waals surface area contributed by atoms with Gasteiger partial charge in [0.05, 0.1) is 28.4 Å². The van der Waals surface area contributed by atoms with Gasteiger partial charge in [0.25, 0.3) is 11.8 Å². The van der Waals surface area contributed by atoms with Gasteiger partial charge in [-0.1, -0.05) is 0 Å². The van der Waals surface area contributed by atoms with Crippen molar-refractivity contribution < 1.29 is 46.5 Å². The molecule has 0 saturated carbocycles. The minimum atomic E-state index is -5.36. The molecule has 0 radical (unpaired) electrons. The summed E-state index contributed by atoms with van der Waals surface area (Å²) in [4.78, 5) is 40.4. The number of methoxy groups -OCH3 is 4. The minimum Gasteiger partial charge on any atom is -0.493 e. The summed E-state index contributed by atoms with van der Waals surface area (Å²) in [7, 11) is 4.67. The highest BCUT2D eigenvalue weighted by Crippen LogP contribution is 2.43. The van der Waals surface area contributed by atoms with E-state index >= 15 is 0 Å². The summed E-state index contributed by atoms with van der Waals surface area (Å²) in [6.45, 7) is 1.07. The van der Waals surface area contributed by atoms with Crippen molar-refractivity contribution in [1.29, 1.82) is 0 Å². The second-order valence-electron chi connectivity index (χ2n) is 6.19. The van der Waals surface area contributed by atoms with E-state index < -0.39 is 41.1 Å². The molecular weight excluding hydrogens is 413 g/mol. The molecule has 164 valence electrons. The second kappa shape index (κ2) is 8.20. The number of hydrogen-bond donors (Lipinski definition) is 1. The highest BCUT2D eigenvalue weighted by molar-refractivity contribution is 6.19. The Morgan fingerprint density at radius 3 is 2.00 bits per heavy atom. The van der Waals surface area contributed by atoms with Crippen molar-refractivity contribution in [2.45, 2.75) is 18.6 Å². The fourth-order valence-electron chi connectivity index (χ4n) is 3.16. The van der Waals surface area contributed by atoms with Gasteiger partial charge in [-0.05, 0) is 19.1 Å². The number of halogens is 3. The van der Waals surface area contributed by atoms with Gasteiger partial charge < -0.3 is 24.3 Å². The maximum absolute atomic E-state index is 14.1. The molecule has 1 aliphatic heterocycles. The quantitative estimate of drug-likeness (QED) is 0.679. The van der Waals surface area contributed by atoms with Crippen LogP contribution in [-0.4, -0.2) is 63.6 Å². The van der Waals surface area contributed by atoms with Crippen molar-refractivity contribution in [1.82, 2.24) is 5.32 Å². The van der Waals surface area contributed by atoms with Crippen LogP contribution >= 0.6 is 0 Å². The molecule has 0 fully saturated rings. The normalized spacial score (nSPS) is 21.0. The number of nitrogens with zero attached hydrogens (tertiary/aromatic N) is 1. The van der Waals surface area contributed by atoms with Gasteiger partial charge in [0, 0.05) is 11.3 Å². The fraction of sp³-hybridized carbons (Fsp3) is 0.444. The zero-order valence-electron chi connectivity index (χ0n) is 16.7. The number of rotatable bonds is 6. The van der Waals surface area contributed by atoms with E-state index in [2.05, 4.69) is 9.73 Å². The molecule has 1 heterocycles. The first-order valence-corrected chi connectivity index (χ1v) is 8.35. The molecule has 1 aromatic carbocycles. The molecule has 30 heavy (non-hydrogen) atoms. The van der Waals surface area contributed by atoms with Crippen LogP contribution in [0.15, 0.2) is 17.1 Å². The second-order valence-corrected chi connectivity index (χ2v) is 6.19. The summed E-state index contributed by atoms with van der Waals surface area (Å²) in [6.07, 6.45) is -5.36. The number of carbonyl (C=O) groups is 3. The van der Waals surface area contributed by atoms with Crippen molar-refractivity contribution >= 4 is 23.5 Å². The van der Waals surface area contributed by atoms with E-state index in [4.69, 9.17) is 14.2 Å². The molecule has 2 atom stereocenters. The van der Waals surface area contributed by atoms with Crippen LogP contribution in [0, 0.1) is 5.92 Å². The molecule has 12 heteroatoms. The molecule has 1 N–H and O–H groups in total. The van der Waals surface area contributed by atoms with Crippen molar-refractivity contribution in [3.63, 3.8) is 0 Å². The van der Waals surface area contributed by atoms with Gasteiger partial charge in [-0.25, -0.2) is 4.99 Å². The van der Waals surface area contributed by atoms with E-state index in [1.165, 1.54) is 21.3 Å². The largest absolute Gasteiger partial charge is 0.493 e. The maximum atomic E-state index is 14.1. The number of amides is 2. The number of ether oxygens (including phenoxy) is 4. The molecule has 1 aromatic rings. The first-order chi connectivity index (χ1) is 14.0. The topological polar surface area (TPSA) is 113 Å². The monoisotopic (exact) mass is 432 g/mol. The molecule has 2 unspecified atom stereocenters. The summed E-state index contributed by atoms with van der Waals surface area (Å²) in [5.41, 5.74) is -4.40. The van der Waals surface area contributed by atoms with Crippen LogP contribution in [0.1, 0.15) is 17.3 Å². The Labute approximate surface area is 169 Å². The van der Waals surface area contributed by atoms with E-state index in [0.29, 0.717) is 0 Å². The Balaban J connectivity index is 2.60. The van der Waals surface area contributed by atoms with Gasteiger partial charge in [-0.15, -0.1) is 0 Å². The lowest BCUT2D eigenvalue weighted by Crippen LogP contribution is -2.68. The van der Waals surface area contributed by atoms with Crippen LogP contribution in [-0.2, 0) is 14.3 Å². The first kappa shape index (κ1) is 23.0. The zero-order valence-corrected chi connectivity index (χ0v) is 16.7. The van der Waals surface area contributed by atoms with Gasteiger partial charge in [-0.2, -0.15) is 13.2 Å². The third kappa shape index (κ3) is 3.53. The standard InChI is InChI=1S/C18H19F3N2O7/c1-8-12(15(25)30-5)17(16(26)22-8,18(19,20)21)23-14(24)9-6-10(27-2)13(29-4)11(7-9)28-3/h6-7,12H,1-5H3,(H,23,24). The lowest BCUT2D eigenvalue weighted by molar-refractivity contribution is -0.205. The number of hydrogen-bond acceptors (Lipinski definition) is 7. The highest BCUT2D eigenvalue weighted by Gasteiger charge is 2.71. The first-order valence-electron chi connectivity index (χ1n) is 8.35. The molecule has 1 aliphatic rings.